The van der Waals surface area contributed by atoms with E-state index < -0.39 is 0 Å². The van der Waals surface area contributed by atoms with Crippen LogP contribution < -0.4 is 4.90 Å². The molecule has 0 unspecified atom stereocenters. The maximum Gasteiger partial charge on any atom is 0.0396 e. The van der Waals surface area contributed by atoms with Gasteiger partial charge in [0, 0.05) is 19.3 Å². The molecule has 0 aliphatic rings. The molecule has 0 aromatic heterocycles. The monoisotopic (exact) mass is 191 g/mol. The first kappa shape index (κ1) is 11.1. The lowest BCUT2D eigenvalue weighted by atomic mass is 10.1. The molecule has 1 nitrogen and oxygen atoms in total. The number of nitrogens with zero attached hydrogens (tertiary/aromatic N) is 1. The average molecular weight is 191 g/mol. The van der Waals surface area contributed by atoms with Crippen LogP contribution in [0.2, 0.25) is 0 Å². The zero-order chi connectivity index (χ0) is 10.4. The minimum absolute atomic E-state index is 1.12. The fourth-order valence-corrected chi connectivity index (χ4v) is 1.70. The van der Waals surface area contributed by atoms with Gasteiger partial charge >= 0.3 is 0 Å². The Kier molecular flexibility index (Phi) is 4.51. The average Bonchev–Trinajstić information content (AvgIpc) is 2.25. The van der Waals surface area contributed by atoms with Gasteiger partial charge in [0.15, 0.2) is 0 Å². The van der Waals surface area contributed by atoms with Crippen molar-refractivity contribution in [2.24, 2.45) is 0 Å². The van der Waals surface area contributed by atoms with Crippen LogP contribution in [0.15, 0.2) is 24.3 Å². The van der Waals surface area contributed by atoms with Gasteiger partial charge in [-0.05, 0) is 24.5 Å². The highest BCUT2D eigenvalue weighted by Crippen LogP contribution is 2.19. The third-order valence-corrected chi connectivity index (χ3v) is 2.63. The molecule has 0 spiro atoms. The summed E-state index contributed by atoms with van der Waals surface area (Å²) in [5.74, 6) is 0. The normalized spacial score (nSPS) is 10.2. The van der Waals surface area contributed by atoms with Gasteiger partial charge in [-0.25, -0.2) is 0 Å². The summed E-state index contributed by atoms with van der Waals surface area (Å²) in [4.78, 5) is 2.36. The standard InChI is InChI=1S/C13H21N/c1-4-6-11-14(3)13-10-8-7-9-12(13)5-2/h7-10H,4-6,11H2,1-3H3. The number of para-hydroxylation sites is 1. The summed E-state index contributed by atoms with van der Waals surface area (Å²) in [6.07, 6.45) is 3.65. The number of benzene rings is 1. The summed E-state index contributed by atoms with van der Waals surface area (Å²) in [5.41, 5.74) is 2.84. The summed E-state index contributed by atoms with van der Waals surface area (Å²) in [7, 11) is 2.18. The topological polar surface area (TPSA) is 3.24 Å². The predicted octanol–water partition coefficient (Wildman–Crippen LogP) is 3.49. The smallest absolute Gasteiger partial charge is 0.0396 e. The molecular weight excluding hydrogens is 170 g/mol. The van der Waals surface area contributed by atoms with E-state index >= 15 is 0 Å². The van der Waals surface area contributed by atoms with Crippen molar-refractivity contribution in [3.05, 3.63) is 29.8 Å². The van der Waals surface area contributed by atoms with E-state index in [1.165, 1.54) is 24.1 Å². The molecule has 0 aliphatic heterocycles. The van der Waals surface area contributed by atoms with E-state index in [1.54, 1.807) is 0 Å². The minimum atomic E-state index is 1.12. The molecule has 0 radical (unpaired) electrons. The Labute approximate surface area is 87.7 Å². The molecule has 0 saturated carbocycles. The molecule has 0 saturated heterocycles. The number of anilines is 1. The first-order chi connectivity index (χ1) is 6.79. The van der Waals surface area contributed by atoms with Gasteiger partial charge in [0.2, 0.25) is 0 Å². The van der Waals surface area contributed by atoms with Crippen molar-refractivity contribution in [1.82, 2.24) is 0 Å². The molecule has 1 aromatic rings. The molecule has 0 heterocycles. The van der Waals surface area contributed by atoms with Crippen LogP contribution in [0.1, 0.15) is 32.3 Å². The fourth-order valence-electron chi connectivity index (χ4n) is 1.70. The lowest BCUT2D eigenvalue weighted by Crippen LogP contribution is -2.19. The molecule has 1 aromatic carbocycles. The van der Waals surface area contributed by atoms with E-state index in [4.69, 9.17) is 0 Å². The molecule has 0 aliphatic carbocycles. The maximum atomic E-state index is 2.36. The van der Waals surface area contributed by atoms with Crippen molar-refractivity contribution < 1.29 is 0 Å². The van der Waals surface area contributed by atoms with Crippen molar-refractivity contribution >= 4 is 5.69 Å². The van der Waals surface area contributed by atoms with Crippen molar-refractivity contribution in [3.63, 3.8) is 0 Å². The number of rotatable bonds is 5. The van der Waals surface area contributed by atoms with Crippen LogP contribution in [-0.2, 0) is 6.42 Å². The third kappa shape index (κ3) is 2.76. The van der Waals surface area contributed by atoms with Gasteiger partial charge in [-0.2, -0.15) is 0 Å². The van der Waals surface area contributed by atoms with E-state index in [2.05, 4.69) is 50.1 Å². The highest BCUT2D eigenvalue weighted by atomic mass is 15.1. The Hall–Kier alpha value is -0.980. The minimum Gasteiger partial charge on any atom is -0.374 e. The Balaban J connectivity index is 2.72. The molecule has 0 atom stereocenters. The van der Waals surface area contributed by atoms with E-state index in [9.17, 15) is 0 Å². The second-order valence-electron chi connectivity index (χ2n) is 3.76. The zero-order valence-corrected chi connectivity index (χ0v) is 9.59. The molecule has 1 rings (SSSR count). The Morgan fingerprint density at radius 2 is 1.86 bits per heavy atom. The molecule has 14 heavy (non-hydrogen) atoms. The first-order valence-electron chi connectivity index (χ1n) is 5.58. The molecular formula is C13H21N. The lowest BCUT2D eigenvalue weighted by Gasteiger charge is -2.21. The Morgan fingerprint density at radius 3 is 2.50 bits per heavy atom. The molecule has 1 heteroatoms. The summed E-state index contributed by atoms with van der Waals surface area (Å²) < 4.78 is 0. The van der Waals surface area contributed by atoms with Crippen molar-refractivity contribution in [1.29, 1.82) is 0 Å². The first-order valence-corrected chi connectivity index (χ1v) is 5.58. The molecule has 0 amide bonds. The largest absolute Gasteiger partial charge is 0.374 e. The number of unbranched alkanes of at least 4 members (excludes halogenated alkanes) is 1. The second-order valence-corrected chi connectivity index (χ2v) is 3.76. The van der Waals surface area contributed by atoms with Crippen LogP contribution in [0.4, 0.5) is 5.69 Å². The van der Waals surface area contributed by atoms with E-state index in [1.807, 2.05) is 0 Å². The van der Waals surface area contributed by atoms with Crippen LogP contribution in [0.5, 0.6) is 0 Å². The Morgan fingerprint density at radius 1 is 1.14 bits per heavy atom. The van der Waals surface area contributed by atoms with Crippen LogP contribution in [0.3, 0.4) is 0 Å². The molecule has 0 bridgehead atoms. The number of aryl methyl sites for hydroxylation is 1. The van der Waals surface area contributed by atoms with Crippen molar-refractivity contribution in [2.45, 2.75) is 33.1 Å². The van der Waals surface area contributed by atoms with Gasteiger partial charge in [0.05, 0.1) is 0 Å². The molecule has 0 N–H and O–H groups in total. The van der Waals surface area contributed by atoms with Gasteiger partial charge in [-0.3, -0.25) is 0 Å². The van der Waals surface area contributed by atoms with E-state index in [-0.39, 0.29) is 0 Å². The highest BCUT2D eigenvalue weighted by Gasteiger charge is 2.03. The third-order valence-electron chi connectivity index (χ3n) is 2.63. The SMILES string of the molecule is CCCCN(C)c1ccccc1CC. The van der Waals surface area contributed by atoms with Crippen LogP contribution >= 0.6 is 0 Å². The summed E-state index contributed by atoms with van der Waals surface area (Å²) >= 11 is 0. The molecule has 0 fully saturated rings. The van der Waals surface area contributed by atoms with Crippen LogP contribution in [-0.4, -0.2) is 13.6 Å². The van der Waals surface area contributed by atoms with Gasteiger partial charge in [-0.15, -0.1) is 0 Å². The lowest BCUT2D eigenvalue weighted by molar-refractivity contribution is 0.764. The summed E-state index contributed by atoms with van der Waals surface area (Å²) in [6, 6.07) is 8.68. The van der Waals surface area contributed by atoms with Crippen molar-refractivity contribution in [2.75, 3.05) is 18.5 Å². The van der Waals surface area contributed by atoms with Gasteiger partial charge in [0.1, 0.15) is 0 Å². The van der Waals surface area contributed by atoms with Crippen LogP contribution in [0, 0.1) is 0 Å². The predicted molar refractivity (Wildman–Crippen MR) is 64.0 cm³/mol. The van der Waals surface area contributed by atoms with Gasteiger partial charge in [-0.1, -0.05) is 38.5 Å². The van der Waals surface area contributed by atoms with Crippen LogP contribution in [0.25, 0.3) is 0 Å². The quantitative estimate of drug-likeness (QED) is 0.688. The fraction of sp³-hybridized carbons (Fsp3) is 0.538. The van der Waals surface area contributed by atoms with Gasteiger partial charge < -0.3 is 4.90 Å². The number of hydrogen-bond donors (Lipinski definition) is 0. The maximum absolute atomic E-state index is 2.36. The summed E-state index contributed by atoms with van der Waals surface area (Å²) in [5, 5.41) is 0. The zero-order valence-electron chi connectivity index (χ0n) is 9.59. The van der Waals surface area contributed by atoms with E-state index in [0.29, 0.717) is 0 Å². The Bertz CT molecular complexity index is 268. The van der Waals surface area contributed by atoms with Gasteiger partial charge in [0.25, 0.3) is 0 Å². The van der Waals surface area contributed by atoms with E-state index in [0.717, 1.165) is 13.0 Å². The number of hydrogen-bond acceptors (Lipinski definition) is 1. The van der Waals surface area contributed by atoms with Crippen molar-refractivity contribution in [3.8, 4) is 0 Å². The molecule has 78 valence electrons. The highest BCUT2D eigenvalue weighted by molar-refractivity contribution is 5.52. The summed E-state index contributed by atoms with van der Waals surface area (Å²) in [6.45, 7) is 5.61. The second kappa shape index (κ2) is 5.69.